The van der Waals surface area contributed by atoms with Gasteiger partial charge in [-0.2, -0.15) is 0 Å². The van der Waals surface area contributed by atoms with Crippen LogP contribution in [0.5, 0.6) is 0 Å². The monoisotopic (exact) mass is 199 g/mol. The van der Waals surface area contributed by atoms with Gasteiger partial charge in [0.2, 0.25) is 5.91 Å². The van der Waals surface area contributed by atoms with Crippen molar-refractivity contribution in [3.05, 3.63) is 0 Å². The Hall–Kier alpha value is -0.610. The molecule has 0 radical (unpaired) electrons. The second-order valence-electron chi connectivity index (χ2n) is 4.24. The Labute approximate surface area is 86.0 Å². The molecule has 1 aliphatic rings. The molecule has 1 rings (SSSR count). The van der Waals surface area contributed by atoms with Crippen LogP contribution in [0.4, 0.5) is 0 Å². The molecule has 0 spiro atoms. The van der Waals surface area contributed by atoms with Gasteiger partial charge in [0.15, 0.2) is 0 Å². The van der Waals surface area contributed by atoms with Crippen molar-refractivity contribution in [3.63, 3.8) is 0 Å². The van der Waals surface area contributed by atoms with E-state index in [0.29, 0.717) is 6.04 Å². The van der Waals surface area contributed by atoms with E-state index in [1.165, 1.54) is 0 Å². The van der Waals surface area contributed by atoms with Gasteiger partial charge in [-0.1, -0.05) is 0 Å². The van der Waals surface area contributed by atoms with Gasteiger partial charge in [0.25, 0.3) is 0 Å². The zero-order chi connectivity index (χ0) is 10.7. The fourth-order valence-electron chi connectivity index (χ4n) is 1.75. The summed E-state index contributed by atoms with van der Waals surface area (Å²) in [4.78, 5) is 15.8. The number of carbonyl (C=O) groups is 1. The predicted octanol–water partition coefficient (Wildman–Crippen LogP) is -0.114. The van der Waals surface area contributed by atoms with E-state index >= 15 is 0 Å². The predicted molar refractivity (Wildman–Crippen MR) is 56.9 cm³/mol. The molecule has 0 aliphatic carbocycles. The molecule has 0 saturated carbocycles. The van der Waals surface area contributed by atoms with Gasteiger partial charge in [0, 0.05) is 32.2 Å². The van der Waals surface area contributed by atoms with E-state index in [-0.39, 0.29) is 11.9 Å². The number of carbonyl (C=O) groups excluding carboxylic acids is 1. The first-order chi connectivity index (χ1) is 6.52. The molecule has 0 bridgehead atoms. The third-order valence-corrected chi connectivity index (χ3v) is 2.75. The molecule has 4 nitrogen and oxygen atoms in total. The van der Waals surface area contributed by atoms with Crippen LogP contribution in [0.1, 0.15) is 20.8 Å². The van der Waals surface area contributed by atoms with Crippen LogP contribution in [0.15, 0.2) is 0 Å². The van der Waals surface area contributed by atoms with Gasteiger partial charge in [-0.15, -0.1) is 0 Å². The number of nitrogens with zero attached hydrogens (tertiary/aromatic N) is 2. The maximum atomic E-state index is 11.6. The number of amides is 1. The number of piperazine rings is 1. The van der Waals surface area contributed by atoms with Gasteiger partial charge in [0.05, 0.1) is 6.04 Å². The van der Waals surface area contributed by atoms with Gasteiger partial charge in [-0.25, -0.2) is 0 Å². The number of rotatable bonds is 2. The topological polar surface area (TPSA) is 49.6 Å². The zero-order valence-electron chi connectivity index (χ0n) is 9.36. The minimum Gasteiger partial charge on any atom is -0.339 e. The summed E-state index contributed by atoms with van der Waals surface area (Å²) in [5.74, 6) is 0.0772. The Morgan fingerprint density at radius 3 is 2.00 bits per heavy atom. The second kappa shape index (κ2) is 4.75. The average molecular weight is 199 g/mol. The summed E-state index contributed by atoms with van der Waals surface area (Å²) in [5.41, 5.74) is 5.56. The fraction of sp³-hybridized carbons (Fsp3) is 0.900. The van der Waals surface area contributed by atoms with Crippen LogP contribution in [-0.2, 0) is 4.79 Å². The maximum absolute atomic E-state index is 11.6. The van der Waals surface area contributed by atoms with Gasteiger partial charge < -0.3 is 10.6 Å². The zero-order valence-corrected chi connectivity index (χ0v) is 9.36. The lowest BCUT2D eigenvalue weighted by molar-refractivity contribution is -0.134. The van der Waals surface area contributed by atoms with Crippen molar-refractivity contribution in [1.29, 1.82) is 0 Å². The van der Waals surface area contributed by atoms with Crippen LogP contribution < -0.4 is 5.73 Å². The molecule has 2 N–H and O–H groups in total. The number of hydrogen-bond donors (Lipinski definition) is 1. The van der Waals surface area contributed by atoms with Crippen LogP contribution in [0.2, 0.25) is 0 Å². The first-order valence-electron chi connectivity index (χ1n) is 5.30. The summed E-state index contributed by atoms with van der Waals surface area (Å²) < 4.78 is 0. The van der Waals surface area contributed by atoms with Crippen LogP contribution in [-0.4, -0.2) is 54.0 Å². The average Bonchev–Trinajstić information content (AvgIpc) is 2.16. The Bertz CT molecular complexity index is 196. The fourth-order valence-corrected chi connectivity index (χ4v) is 1.75. The number of nitrogens with two attached hydrogens (primary N) is 1. The molecular weight excluding hydrogens is 178 g/mol. The lowest BCUT2D eigenvalue weighted by Gasteiger charge is -2.37. The molecule has 0 aromatic carbocycles. The van der Waals surface area contributed by atoms with Crippen molar-refractivity contribution in [2.24, 2.45) is 5.73 Å². The van der Waals surface area contributed by atoms with E-state index < -0.39 is 0 Å². The highest BCUT2D eigenvalue weighted by Crippen LogP contribution is 2.06. The summed E-state index contributed by atoms with van der Waals surface area (Å²) in [6.07, 6.45) is 0. The molecule has 1 unspecified atom stereocenters. The molecule has 82 valence electrons. The minimum absolute atomic E-state index is 0.0772. The van der Waals surface area contributed by atoms with Crippen LogP contribution >= 0.6 is 0 Å². The molecule has 1 saturated heterocycles. The summed E-state index contributed by atoms with van der Waals surface area (Å²) in [6.45, 7) is 9.69. The van der Waals surface area contributed by atoms with Gasteiger partial charge in [-0.05, 0) is 20.8 Å². The van der Waals surface area contributed by atoms with Gasteiger partial charge in [-0.3, -0.25) is 9.69 Å². The first kappa shape index (κ1) is 11.5. The van der Waals surface area contributed by atoms with E-state index in [1.807, 2.05) is 4.90 Å². The van der Waals surface area contributed by atoms with E-state index in [4.69, 9.17) is 5.73 Å². The van der Waals surface area contributed by atoms with Crippen LogP contribution in [0, 0.1) is 0 Å². The minimum atomic E-state index is -0.361. The Kier molecular flexibility index (Phi) is 3.89. The van der Waals surface area contributed by atoms with E-state index in [2.05, 4.69) is 18.7 Å². The van der Waals surface area contributed by atoms with Crippen molar-refractivity contribution in [2.75, 3.05) is 26.2 Å². The molecule has 14 heavy (non-hydrogen) atoms. The van der Waals surface area contributed by atoms with Gasteiger partial charge in [0.1, 0.15) is 0 Å². The molecule has 0 aromatic rings. The molecule has 1 heterocycles. The normalized spacial score (nSPS) is 21.4. The molecule has 4 heteroatoms. The molecule has 1 fully saturated rings. The SMILES string of the molecule is CC(N)C(=O)N1CCN(C(C)C)CC1. The smallest absolute Gasteiger partial charge is 0.239 e. The van der Waals surface area contributed by atoms with Crippen LogP contribution in [0.25, 0.3) is 0 Å². The van der Waals surface area contributed by atoms with E-state index in [1.54, 1.807) is 6.92 Å². The molecule has 0 aromatic heterocycles. The van der Waals surface area contributed by atoms with Crippen molar-refractivity contribution in [3.8, 4) is 0 Å². The third kappa shape index (κ3) is 2.69. The number of hydrogen-bond acceptors (Lipinski definition) is 3. The summed E-state index contributed by atoms with van der Waals surface area (Å²) >= 11 is 0. The summed E-state index contributed by atoms with van der Waals surface area (Å²) in [5, 5.41) is 0. The molecule has 1 atom stereocenters. The Morgan fingerprint density at radius 2 is 1.64 bits per heavy atom. The maximum Gasteiger partial charge on any atom is 0.239 e. The van der Waals surface area contributed by atoms with Crippen molar-refractivity contribution in [1.82, 2.24) is 9.80 Å². The van der Waals surface area contributed by atoms with Crippen molar-refractivity contribution >= 4 is 5.91 Å². The van der Waals surface area contributed by atoms with Crippen LogP contribution in [0.3, 0.4) is 0 Å². The third-order valence-electron chi connectivity index (χ3n) is 2.75. The quantitative estimate of drug-likeness (QED) is 0.675. The standard InChI is InChI=1S/C10H21N3O/c1-8(2)12-4-6-13(7-5-12)10(14)9(3)11/h8-9H,4-7,11H2,1-3H3. The Morgan fingerprint density at radius 1 is 1.14 bits per heavy atom. The molecule has 1 aliphatic heterocycles. The summed E-state index contributed by atoms with van der Waals surface area (Å²) in [7, 11) is 0. The molecular formula is C10H21N3O. The van der Waals surface area contributed by atoms with E-state index in [0.717, 1.165) is 26.2 Å². The van der Waals surface area contributed by atoms with Crippen molar-refractivity contribution < 1.29 is 4.79 Å². The Balaban J connectivity index is 2.39. The summed E-state index contributed by atoms with van der Waals surface area (Å²) in [6, 6.07) is 0.211. The highest BCUT2D eigenvalue weighted by atomic mass is 16.2. The first-order valence-corrected chi connectivity index (χ1v) is 5.30. The van der Waals surface area contributed by atoms with E-state index in [9.17, 15) is 4.79 Å². The second-order valence-corrected chi connectivity index (χ2v) is 4.24. The largest absolute Gasteiger partial charge is 0.339 e. The molecule has 1 amide bonds. The van der Waals surface area contributed by atoms with Gasteiger partial charge >= 0.3 is 0 Å². The van der Waals surface area contributed by atoms with Crippen molar-refractivity contribution in [2.45, 2.75) is 32.9 Å². The lowest BCUT2D eigenvalue weighted by atomic mass is 10.2. The highest BCUT2D eigenvalue weighted by Gasteiger charge is 2.23. The highest BCUT2D eigenvalue weighted by molar-refractivity contribution is 5.81. The lowest BCUT2D eigenvalue weighted by Crippen LogP contribution is -2.53.